The van der Waals surface area contributed by atoms with Gasteiger partial charge in [0.05, 0.1) is 17.4 Å². The number of para-hydroxylation sites is 2. The number of anilines is 1. The summed E-state index contributed by atoms with van der Waals surface area (Å²) in [5.41, 5.74) is 1.85. The van der Waals surface area contributed by atoms with Gasteiger partial charge in [0, 0.05) is 33.1 Å². The first-order valence-electron chi connectivity index (χ1n) is 11.8. The zero-order valence-electron chi connectivity index (χ0n) is 19.5. The maximum absolute atomic E-state index is 12.8. The van der Waals surface area contributed by atoms with Crippen molar-refractivity contribution < 1.29 is 4.79 Å². The van der Waals surface area contributed by atoms with Crippen LogP contribution in [-0.2, 0) is 25.4 Å². The van der Waals surface area contributed by atoms with Crippen molar-refractivity contribution in [3.05, 3.63) is 51.4 Å². The third-order valence-electron chi connectivity index (χ3n) is 6.81. The van der Waals surface area contributed by atoms with Crippen LogP contribution < -0.4 is 16.6 Å². The van der Waals surface area contributed by atoms with E-state index < -0.39 is 5.69 Å². The number of amides is 1. The fourth-order valence-corrected chi connectivity index (χ4v) is 5.01. The fraction of sp³-hybridized carbons (Fsp3) is 0.458. The average Bonchev–Trinajstić information content (AvgIpc) is 3.43. The minimum atomic E-state index is -0.414. The number of nitrogens with one attached hydrogen (secondary N) is 1. The van der Waals surface area contributed by atoms with E-state index in [9.17, 15) is 14.4 Å². The number of fused-ring (bicyclic) bond motifs is 2. The molecule has 3 heterocycles. The van der Waals surface area contributed by atoms with Crippen LogP contribution in [0.25, 0.3) is 22.2 Å². The lowest BCUT2D eigenvalue weighted by molar-refractivity contribution is -0.116. The second-order valence-electron chi connectivity index (χ2n) is 9.05. The lowest BCUT2D eigenvalue weighted by Crippen LogP contribution is -2.37. The van der Waals surface area contributed by atoms with Gasteiger partial charge >= 0.3 is 5.69 Å². The number of hydrogen-bond acceptors (Lipinski definition) is 5. The number of aromatic nitrogens is 6. The van der Waals surface area contributed by atoms with Crippen molar-refractivity contribution in [3.8, 4) is 0 Å². The van der Waals surface area contributed by atoms with Crippen molar-refractivity contribution in [1.82, 2.24) is 28.2 Å². The minimum absolute atomic E-state index is 0.114. The molecule has 0 unspecified atom stereocenters. The Balaban J connectivity index is 1.31. The van der Waals surface area contributed by atoms with Gasteiger partial charge in [0.2, 0.25) is 11.9 Å². The molecule has 3 aromatic heterocycles. The largest absolute Gasteiger partial charge is 0.332 e. The van der Waals surface area contributed by atoms with E-state index in [2.05, 4.69) is 20.9 Å². The summed E-state index contributed by atoms with van der Waals surface area (Å²) >= 11 is 0. The van der Waals surface area contributed by atoms with Gasteiger partial charge in [-0.1, -0.05) is 31.4 Å². The summed E-state index contributed by atoms with van der Waals surface area (Å²) in [6.45, 7) is 0.441. The van der Waals surface area contributed by atoms with E-state index in [0.29, 0.717) is 36.1 Å². The average molecular weight is 464 g/mol. The molecular formula is C24H29N7O3. The van der Waals surface area contributed by atoms with E-state index in [1.165, 1.54) is 30.9 Å². The smallest absolute Gasteiger partial charge is 0.325 e. The summed E-state index contributed by atoms with van der Waals surface area (Å²) in [6.07, 6.45) is 8.16. The molecule has 0 spiro atoms. The predicted molar refractivity (Wildman–Crippen MR) is 130 cm³/mol. The van der Waals surface area contributed by atoms with Gasteiger partial charge < -0.3 is 9.13 Å². The van der Waals surface area contributed by atoms with Gasteiger partial charge in [0.15, 0.2) is 11.2 Å². The number of rotatable bonds is 6. The minimum Gasteiger partial charge on any atom is -0.325 e. The molecule has 1 saturated carbocycles. The molecule has 178 valence electrons. The number of benzene rings is 1. The molecule has 0 radical (unpaired) electrons. The molecule has 0 saturated heterocycles. The van der Waals surface area contributed by atoms with Crippen molar-refractivity contribution in [2.45, 2.75) is 57.5 Å². The first kappa shape index (κ1) is 22.1. The van der Waals surface area contributed by atoms with Crippen LogP contribution in [0.15, 0.2) is 40.2 Å². The van der Waals surface area contributed by atoms with Crippen LogP contribution in [0, 0.1) is 0 Å². The van der Waals surface area contributed by atoms with Crippen LogP contribution in [0.2, 0.25) is 0 Å². The molecule has 0 bridgehead atoms. The van der Waals surface area contributed by atoms with Gasteiger partial charge in [0.1, 0.15) is 0 Å². The van der Waals surface area contributed by atoms with Crippen LogP contribution in [0.1, 0.15) is 51.0 Å². The first-order valence-corrected chi connectivity index (χ1v) is 11.8. The third-order valence-corrected chi connectivity index (χ3v) is 6.81. The quantitative estimate of drug-likeness (QED) is 0.473. The van der Waals surface area contributed by atoms with Gasteiger partial charge in [0.25, 0.3) is 5.56 Å². The highest BCUT2D eigenvalue weighted by molar-refractivity contribution is 5.91. The van der Waals surface area contributed by atoms with Crippen LogP contribution in [0.3, 0.4) is 0 Å². The fourth-order valence-electron chi connectivity index (χ4n) is 5.01. The topological polar surface area (TPSA) is 109 Å². The monoisotopic (exact) mass is 463 g/mol. The number of imidazole rings is 2. The molecule has 1 fully saturated rings. The van der Waals surface area contributed by atoms with Crippen LogP contribution in [-0.4, -0.2) is 34.1 Å². The maximum Gasteiger partial charge on any atom is 0.332 e. The van der Waals surface area contributed by atoms with Gasteiger partial charge in [-0.05, 0) is 31.4 Å². The van der Waals surface area contributed by atoms with Crippen molar-refractivity contribution in [1.29, 1.82) is 0 Å². The van der Waals surface area contributed by atoms with Crippen molar-refractivity contribution in [2.75, 3.05) is 5.32 Å². The highest BCUT2D eigenvalue weighted by atomic mass is 16.2. The van der Waals surface area contributed by atoms with E-state index in [0.717, 1.165) is 28.4 Å². The van der Waals surface area contributed by atoms with E-state index >= 15 is 0 Å². The summed E-state index contributed by atoms with van der Waals surface area (Å²) in [7, 11) is 3.04. The molecule has 0 atom stereocenters. The van der Waals surface area contributed by atoms with Crippen LogP contribution in [0.5, 0.6) is 0 Å². The molecule has 10 nitrogen and oxygen atoms in total. The Morgan fingerprint density at radius 2 is 1.85 bits per heavy atom. The normalized spacial score (nSPS) is 14.8. The summed E-state index contributed by atoms with van der Waals surface area (Å²) in [4.78, 5) is 46.5. The number of aryl methyl sites for hydroxylation is 2. The molecule has 0 aliphatic heterocycles. The van der Waals surface area contributed by atoms with E-state index in [1.54, 1.807) is 17.9 Å². The molecule has 1 aromatic carbocycles. The third kappa shape index (κ3) is 3.82. The summed E-state index contributed by atoms with van der Waals surface area (Å²) in [5.74, 6) is 0.493. The number of hydrogen-bond donors (Lipinski definition) is 1. The Morgan fingerprint density at radius 3 is 2.65 bits per heavy atom. The molecule has 1 aliphatic carbocycles. The zero-order valence-corrected chi connectivity index (χ0v) is 19.5. The maximum atomic E-state index is 12.8. The SMILES string of the molecule is Cn1c(=O)c2c(ncn2CCCC(=O)Nc2nc3ccccc3n2C2CCCCC2)n(C)c1=O. The molecule has 5 rings (SSSR count). The Hall–Kier alpha value is -3.69. The van der Waals surface area contributed by atoms with Gasteiger partial charge in [-0.3, -0.25) is 24.0 Å². The highest BCUT2D eigenvalue weighted by Gasteiger charge is 2.22. The Kier molecular flexibility index (Phi) is 5.80. The Bertz CT molecular complexity index is 1480. The number of carbonyl (C=O) groups is 1. The molecule has 1 N–H and O–H groups in total. The standard InChI is InChI=1S/C24H29N7O3/c1-28-21-20(22(33)29(2)24(28)34)30(15-25-21)14-8-13-19(32)27-23-26-17-11-6-7-12-18(17)31(23)16-9-4-3-5-10-16/h6-7,11-12,15-16H,3-5,8-10,13-14H2,1-2H3,(H,26,27,32). The highest BCUT2D eigenvalue weighted by Crippen LogP contribution is 2.34. The Morgan fingerprint density at radius 1 is 1.09 bits per heavy atom. The van der Waals surface area contributed by atoms with Gasteiger partial charge in [-0.25, -0.2) is 14.8 Å². The van der Waals surface area contributed by atoms with Crippen molar-refractivity contribution in [3.63, 3.8) is 0 Å². The predicted octanol–water partition coefficient (Wildman–Crippen LogP) is 2.71. The van der Waals surface area contributed by atoms with Gasteiger partial charge in [-0.2, -0.15) is 0 Å². The number of nitrogens with zero attached hydrogens (tertiary/aromatic N) is 6. The van der Waals surface area contributed by atoms with Crippen molar-refractivity contribution >= 4 is 34.1 Å². The van der Waals surface area contributed by atoms with Crippen LogP contribution in [0.4, 0.5) is 5.95 Å². The lowest BCUT2D eigenvalue weighted by Gasteiger charge is -2.25. The molecule has 10 heteroatoms. The van der Waals surface area contributed by atoms with Crippen molar-refractivity contribution in [2.24, 2.45) is 14.1 Å². The molecule has 1 aliphatic rings. The van der Waals surface area contributed by atoms with Gasteiger partial charge in [-0.15, -0.1) is 0 Å². The summed E-state index contributed by atoms with van der Waals surface area (Å²) in [5, 5.41) is 3.03. The van der Waals surface area contributed by atoms with E-state index in [4.69, 9.17) is 4.98 Å². The second kappa shape index (κ2) is 8.92. The molecule has 4 aromatic rings. The summed E-state index contributed by atoms with van der Waals surface area (Å²) in [6, 6.07) is 8.34. The molecule has 34 heavy (non-hydrogen) atoms. The lowest BCUT2D eigenvalue weighted by atomic mass is 9.95. The zero-order chi connectivity index (χ0) is 23.8. The molecule has 1 amide bonds. The number of carbonyl (C=O) groups excluding carboxylic acids is 1. The molecular weight excluding hydrogens is 434 g/mol. The first-order chi connectivity index (χ1) is 16.5. The van der Waals surface area contributed by atoms with E-state index in [1.807, 2.05) is 18.2 Å². The Labute approximate surface area is 195 Å². The second-order valence-corrected chi connectivity index (χ2v) is 9.05. The van der Waals surface area contributed by atoms with Crippen LogP contribution >= 0.6 is 0 Å². The summed E-state index contributed by atoms with van der Waals surface area (Å²) < 4.78 is 6.33. The van der Waals surface area contributed by atoms with E-state index in [-0.39, 0.29) is 17.9 Å².